The fourth-order valence-corrected chi connectivity index (χ4v) is 1.36. The number of ether oxygens (including phenoxy) is 1. The summed E-state index contributed by atoms with van der Waals surface area (Å²) in [5, 5.41) is 3.05. The van der Waals surface area contributed by atoms with Gasteiger partial charge in [0.2, 0.25) is 0 Å². The van der Waals surface area contributed by atoms with Gasteiger partial charge >= 0.3 is 0 Å². The fourth-order valence-electron chi connectivity index (χ4n) is 1.36. The Labute approximate surface area is 93.6 Å². The lowest BCUT2D eigenvalue weighted by Crippen LogP contribution is -2.18. The van der Waals surface area contributed by atoms with Crippen molar-refractivity contribution in [3.63, 3.8) is 0 Å². The van der Waals surface area contributed by atoms with Gasteiger partial charge in [0.05, 0.1) is 11.8 Å². The molecule has 5 nitrogen and oxygen atoms in total. The minimum absolute atomic E-state index is 0.104. The standard InChI is InChI=1S/C11H15N3O2/c1-7(15-2)6-13-11-14-10-8(12)4-3-5-9(10)16-11/h3-5,7H,6,12H2,1-2H3,(H,13,14). The molecule has 1 aromatic heterocycles. The summed E-state index contributed by atoms with van der Waals surface area (Å²) in [6.45, 7) is 2.60. The van der Waals surface area contributed by atoms with Gasteiger partial charge in [-0.25, -0.2) is 0 Å². The quantitative estimate of drug-likeness (QED) is 0.771. The molecule has 0 amide bonds. The van der Waals surface area contributed by atoms with Crippen molar-refractivity contribution >= 4 is 22.8 Å². The first-order valence-corrected chi connectivity index (χ1v) is 5.12. The van der Waals surface area contributed by atoms with E-state index in [1.807, 2.05) is 19.1 Å². The number of nitrogens with two attached hydrogens (primary N) is 1. The zero-order chi connectivity index (χ0) is 11.5. The van der Waals surface area contributed by atoms with Crippen molar-refractivity contribution in [2.75, 3.05) is 24.7 Å². The number of benzene rings is 1. The normalized spacial score (nSPS) is 12.9. The Morgan fingerprint density at radius 1 is 1.56 bits per heavy atom. The van der Waals surface area contributed by atoms with Crippen LogP contribution in [0.5, 0.6) is 0 Å². The number of hydrogen-bond acceptors (Lipinski definition) is 5. The van der Waals surface area contributed by atoms with E-state index >= 15 is 0 Å². The second kappa shape index (κ2) is 4.40. The summed E-state index contributed by atoms with van der Waals surface area (Å²) in [4.78, 5) is 4.26. The first-order chi connectivity index (χ1) is 7.70. The molecule has 0 aliphatic heterocycles. The SMILES string of the molecule is COC(C)CNc1nc2c(N)cccc2o1. The van der Waals surface area contributed by atoms with Gasteiger partial charge in [0.1, 0.15) is 5.52 Å². The Bertz CT molecular complexity index is 481. The molecule has 0 saturated heterocycles. The molecule has 1 unspecified atom stereocenters. The first-order valence-electron chi connectivity index (χ1n) is 5.12. The number of hydrogen-bond donors (Lipinski definition) is 2. The zero-order valence-corrected chi connectivity index (χ0v) is 9.36. The van der Waals surface area contributed by atoms with Gasteiger partial charge in [-0.1, -0.05) is 6.07 Å². The third-order valence-corrected chi connectivity index (χ3v) is 2.39. The highest BCUT2D eigenvalue weighted by molar-refractivity contribution is 5.86. The van der Waals surface area contributed by atoms with Crippen LogP contribution >= 0.6 is 0 Å². The Morgan fingerprint density at radius 2 is 2.38 bits per heavy atom. The highest BCUT2D eigenvalue weighted by atomic mass is 16.5. The minimum atomic E-state index is 0.104. The Kier molecular flexibility index (Phi) is 2.96. The van der Waals surface area contributed by atoms with Crippen molar-refractivity contribution in [1.82, 2.24) is 4.98 Å². The van der Waals surface area contributed by atoms with E-state index < -0.39 is 0 Å². The number of nitrogens with zero attached hydrogens (tertiary/aromatic N) is 1. The first kappa shape index (κ1) is 10.8. The number of nitrogens with one attached hydrogen (secondary N) is 1. The van der Waals surface area contributed by atoms with Crippen LogP contribution in [-0.2, 0) is 4.74 Å². The fraction of sp³-hybridized carbons (Fsp3) is 0.364. The number of oxazole rings is 1. The van der Waals surface area contributed by atoms with Crippen LogP contribution < -0.4 is 11.1 Å². The second-order valence-corrected chi connectivity index (χ2v) is 3.64. The van der Waals surface area contributed by atoms with Crippen LogP contribution in [-0.4, -0.2) is 24.7 Å². The second-order valence-electron chi connectivity index (χ2n) is 3.64. The number of aromatic nitrogens is 1. The van der Waals surface area contributed by atoms with E-state index in [1.165, 1.54) is 0 Å². The molecule has 16 heavy (non-hydrogen) atoms. The Balaban J connectivity index is 2.17. The van der Waals surface area contributed by atoms with Crippen molar-refractivity contribution in [2.45, 2.75) is 13.0 Å². The molecule has 2 aromatic rings. The maximum absolute atomic E-state index is 5.78. The molecule has 3 N–H and O–H groups in total. The summed E-state index contributed by atoms with van der Waals surface area (Å²) in [5.74, 6) is 0. The number of nitrogen functional groups attached to an aromatic ring is 1. The van der Waals surface area contributed by atoms with Crippen LogP contribution in [0.25, 0.3) is 11.1 Å². The number of fused-ring (bicyclic) bond motifs is 1. The van der Waals surface area contributed by atoms with Crippen molar-refractivity contribution in [2.24, 2.45) is 0 Å². The van der Waals surface area contributed by atoms with Gasteiger partial charge < -0.3 is 20.2 Å². The van der Waals surface area contributed by atoms with Crippen LogP contribution in [0, 0.1) is 0 Å². The van der Waals surface area contributed by atoms with Gasteiger partial charge in [0.25, 0.3) is 6.01 Å². The van der Waals surface area contributed by atoms with Crippen LogP contribution in [0.3, 0.4) is 0 Å². The summed E-state index contributed by atoms with van der Waals surface area (Å²) in [5.41, 5.74) is 7.77. The maximum Gasteiger partial charge on any atom is 0.295 e. The third kappa shape index (κ3) is 2.09. The summed E-state index contributed by atoms with van der Waals surface area (Å²) in [7, 11) is 1.66. The van der Waals surface area contributed by atoms with E-state index in [0.29, 0.717) is 29.3 Å². The molecular formula is C11H15N3O2. The van der Waals surface area contributed by atoms with E-state index in [2.05, 4.69) is 10.3 Å². The van der Waals surface area contributed by atoms with E-state index in [1.54, 1.807) is 13.2 Å². The van der Waals surface area contributed by atoms with Crippen LogP contribution in [0.1, 0.15) is 6.92 Å². The van der Waals surface area contributed by atoms with Crippen molar-refractivity contribution < 1.29 is 9.15 Å². The summed E-state index contributed by atoms with van der Waals surface area (Å²) < 4.78 is 10.6. The minimum Gasteiger partial charge on any atom is -0.423 e. The summed E-state index contributed by atoms with van der Waals surface area (Å²) in [6.07, 6.45) is 0.104. The van der Waals surface area contributed by atoms with Crippen LogP contribution in [0.15, 0.2) is 22.6 Å². The predicted molar refractivity (Wildman–Crippen MR) is 63.4 cm³/mol. The van der Waals surface area contributed by atoms with Gasteiger partial charge in [-0.2, -0.15) is 4.98 Å². The molecule has 86 valence electrons. The molecule has 5 heteroatoms. The van der Waals surface area contributed by atoms with E-state index in [9.17, 15) is 0 Å². The van der Waals surface area contributed by atoms with Gasteiger partial charge in [-0.05, 0) is 19.1 Å². The van der Waals surface area contributed by atoms with Crippen molar-refractivity contribution in [3.05, 3.63) is 18.2 Å². The lowest BCUT2D eigenvalue weighted by atomic mass is 10.3. The average molecular weight is 221 g/mol. The van der Waals surface area contributed by atoms with E-state index in [4.69, 9.17) is 14.9 Å². The van der Waals surface area contributed by atoms with E-state index in [0.717, 1.165) is 0 Å². The Hall–Kier alpha value is -1.75. The summed E-state index contributed by atoms with van der Waals surface area (Å²) >= 11 is 0. The van der Waals surface area contributed by atoms with Gasteiger partial charge in [-0.15, -0.1) is 0 Å². The third-order valence-electron chi connectivity index (χ3n) is 2.39. The largest absolute Gasteiger partial charge is 0.423 e. The molecule has 0 radical (unpaired) electrons. The highest BCUT2D eigenvalue weighted by Crippen LogP contribution is 2.23. The predicted octanol–water partition coefficient (Wildman–Crippen LogP) is 1.86. The molecule has 2 rings (SSSR count). The molecule has 0 bridgehead atoms. The number of anilines is 2. The number of methoxy groups -OCH3 is 1. The van der Waals surface area contributed by atoms with E-state index in [-0.39, 0.29) is 6.10 Å². The molecule has 0 saturated carbocycles. The maximum atomic E-state index is 5.78. The average Bonchev–Trinajstić information content (AvgIpc) is 2.70. The molecule has 1 aromatic carbocycles. The Morgan fingerprint density at radius 3 is 3.06 bits per heavy atom. The van der Waals surface area contributed by atoms with Gasteiger partial charge in [-0.3, -0.25) is 0 Å². The molecule has 0 fully saturated rings. The van der Waals surface area contributed by atoms with Crippen molar-refractivity contribution in [1.29, 1.82) is 0 Å². The van der Waals surface area contributed by atoms with Gasteiger partial charge in [0.15, 0.2) is 5.58 Å². The van der Waals surface area contributed by atoms with Crippen LogP contribution in [0.4, 0.5) is 11.7 Å². The monoisotopic (exact) mass is 221 g/mol. The lowest BCUT2D eigenvalue weighted by molar-refractivity contribution is 0.128. The van der Waals surface area contributed by atoms with Crippen molar-refractivity contribution in [3.8, 4) is 0 Å². The van der Waals surface area contributed by atoms with Crippen LogP contribution in [0.2, 0.25) is 0 Å². The molecule has 1 heterocycles. The molecular weight excluding hydrogens is 206 g/mol. The van der Waals surface area contributed by atoms with Gasteiger partial charge in [0, 0.05) is 13.7 Å². The lowest BCUT2D eigenvalue weighted by Gasteiger charge is -2.08. The molecule has 0 aliphatic carbocycles. The molecule has 0 aliphatic rings. The molecule has 0 spiro atoms. The smallest absolute Gasteiger partial charge is 0.295 e. The topological polar surface area (TPSA) is 73.3 Å². The summed E-state index contributed by atoms with van der Waals surface area (Å²) in [6, 6.07) is 5.94. The number of rotatable bonds is 4. The molecule has 1 atom stereocenters. The highest BCUT2D eigenvalue weighted by Gasteiger charge is 2.08. The zero-order valence-electron chi connectivity index (χ0n) is 9.36. The number of para-hydroxylation sites is 1.